The van der Waals surface area contributed by atoms with Crippen molar-refractivity contribution in [1.82, 2.24) is 19.7 Å². The molecule has 26 heavy (non-hydrogen) atoms. The molecule has 5 nitrogen and oxygen atoms in total. The van der Waals surface area contributed by atoms with Crippen molar-refractivity contribution in [3.63, 3.8) is 0 Å². The fourth-order valence-electron chi connectivity index (χ4n) is 3.03. The SMILES string of the molecule is CCC(N)c1cccc(-c2ccc3cnn(-c4cccc(C)n4)c3c2)n1. The number of fused-ring (bicyclic) bond motifs is 1. The quantitative estimate of drug-likeness (QED) is 0.603. The molecule has 3 heterocycles. The fraction of sp³-hybridized carbons (Fsp3) is 0.190. The first-order valence-electron chi connectivity index (χ1n) is 8.80. The van der Waals surface area contributed by atoms with Crippen molar-refractivity contribution in [1.29, 1.82) is 0 Å². The van der Waals surface area contributed by atoms with Crippen LogP contribution in [0.1, 0.15) is 30.8 Å². The van der Waals surface area contributed by atoms with Crippen LogP contribution in [0.2, 0.25) is 0 Å². The number of pyridine rings is 2. The summed E-state index contributed by atoms with van der Waals surface area (Å²) in [5.74, 6) is 0.812. The molecule has 1 atom stereocenters. The van der Waals surface area contributed by atoms with Crippen LogP contribution in [-0.4, -0.2) is 19.7 Å². The molecule has 2 N–H and O–H groups in total. The summed E-state index contributed by atoms with van der Waals surface area (Å²) in [6.07, 6.45) is 2.72. The Morgan fingerprint density at radius 3 is 2.69 bits per heavy atom. The highest BCUT2D eigenvalue weighted by Crippen LogP contribution is 2.25. The molecule has 0 saturated carbocycles. The summed E-state index contributed by atoms with van der Waals surface area (Å²) in [5, 5.41) is 5.58. The van der Waals surface area contributed by atoms with E-state index in [1.807, 2.05) is 54.2 Å². The Balaban J connectivity index is 1.82. The van der Waals surface area contributed by atoms with Gasteiger partial charge in [-0.2, -0.15) is 5.10 Å². The molecule has 1 aromatic carbocycles. The van der Waals surface area contributed by atoms with Crippen LogP contribution in [0.4, 0.5) is 0 Å². The first-order valence-corrected chi connectivity index (χ1v) is 8.80. The highest BCUT2D eigenvalue weighted by molar-refractivity contribution is 5.84. The third-order valence-corrected chi connectivity index (χ3v) is 4.55. The van der Waals surface area contributed by atoms with Gasteiger partial charge in [-0.05, 0) is 43.7 Å². The maximum Gasteiger partial charge on any atom is 0.154 e. The van der Waals surface area contributed by atoms with Crippen LogP contribution in [0.25, 0.3) is 28.0 Å². The predicted octanol–water partition coefficient (Wildman–Crippen LogP) is 4.20. The molecule has 1 unspecified atom stereocenters. The van der Waals surface area contributed by atoms with Gasteiger partial charge in [-0.15, -0.1) is 0 Å². The van der Waals surface area contributed by atoms with E-state index in [-0.39, 0.29) is 6.04 Å². The van der Waals surface area contributed by atoms with Crippen molar-refractivity contribution in [2.75, 3.05) is 0 Å². The maximum atomic E-state index is 6.14. The Bertz CT molecular complexity index is 1070. The third kappa shape index (κ3) is 2.97. The maximum absolute atomic E-state index is 6.14. The third-order valence-electron chi connectivity index (χ3n) is 4.55. The van der Waals surface area contributed by atoms with Gasteiger partial charge < -0.3 is 5.73 Å². The van der Waals surface area contributed by atoms with E-state index in [1.165, 1.54) is 0 Å². The normalized spacial score (nSPS) is 12.4. The lowest BCUT2D eigenvalue weighted by Gasteiger charge is -2.10. The van der Waals surface area contributed by atoms with Crippen LogP contribution in [0.3, 0.4) is 0 Å². The second kappa shape index (κ2) is 6.69. The molecule has 4 aromatic rings. The standard InChI is InChI=1S/C21H21N5/c1-3-17(22)19-8-5-7-18(25-19)15-10-11-16-13-23-26(20(16)12-15)21-9-4-6-14(2)24-21/h4-13,17H,3,22H2,1-2H3. The average molecular weight is 343 g/mol. The minimum Gasteiger partial charge on any atom is -0.323 e. The summed E-state index contributed by atoms with van der Waals surface area (Å²) in [5.41, 5.74) is 11.0. The molecular formula is C21H21N5. The van der Waals surface area contributed by atoms with Gasteiger partial charge in [-0.3, -0.25) is 4.98 Å². The zero-order valence-corrected chi connectivity index (χ0v) is 14.9. The molecule has 0 spiro atoms. The Kier molecular flexibility index (Phi) is 4.22. The lowest BCUT2D eigenvalue weighted by molar-refractivity contribution is 0.676. The van der Waals surface area contributed by atoms with Crippen molar-refractivity contribution < 1.29 is 0 Å². The Morgan fingerprint density at radius 2 is 1.88 bits per heavy atom. The molecule has 0 fully saturated rings. The van der Waals surface area contributed by atoms with E-state index in [9.17, 15) is 0 Å². The number of hydrogen-bond acceptors (Lipinski definition) is 4. The van der Waals surface area contributed by atoms with Gasteiger partial charge >= 0.3 is 0 Å². The second-order valence-electron chi connectivity index (χ2n) is 6.43. The molecule has 0 radical (unpaired) electrons. The number of rotatable bonds is 4. The lowest BCUT2D eigenvalue weighted by Crippen LogP contribution is -2.10. The van der Waals surface area contributed by atoms with Crippen LogP contribution < -0.4 is 5.73 Å². The molecule has 130 valence electrons. The number of aromatic nitrogens is 4. The zero-order valence-electron chi connectivity index (χ0n) is 14.9. The van der Waals surface area contributed by atoms with Crippen molar-refractivity contribution >= 4 is 10.9 Å². The average Bonchev–Trinajstić information content (AvgIpc) is 3.10. The number of aryl methyl sites for hydroxylation is 1. The Hall–Kier alpha value is -3.05. The number of hydrogen-bond donors (Lipinski definition) is 1. The van der Waals surface area contributed by atoms with Crippen molar-refractivity contribution in [2.45, 2.75) is 26.3 Å². The van der Waals surface area contributed by atoms with Gasteiger partial charge in [-0.1, -0.05) is 31.2 Å². The molecule has 3 aromatic heterocycles. The summed E-state index contributed by atoms with van der Waals surface area (Å²) in [6, 6.07) is 18.1. The highest BCUT2D eigenvalue weighted by Gasteiger charge is 2.10. The summed E-state index contributed by atoms with van der Waals surface area (Å²) in [6.45, 7) is 4.05. The van der Waals surface area contributed by atoms with E-state index in [0.29, 0.717) is 0 Å². The highest BCUT2D eigenvalue weighted by atomic mass is 15.3. The van der Waals surface area contributed by atoms with Crippen molar-refractivity contribution in [2.24, 2.45) is 5.73 Å². The summed E-state index contributed by atoms with van der Waals surface area (Å²) in [7, 11) is 0. The van der Waals surface area contributed by atoms with Gasteiger partial charge in [0.15, 0.2) is 5.82 Å². The lowest BCUT2D eigenvalue weighted by atomic mass is 10.1. The fourth-order valence-corrected chi connectivity index (χ4v) is 3.03. The summed E-state index contributed by atoms with van der Waals surface area (Å²) in [4.78, 5) is 9.34. The molecule has 5 heteroatoms. The van der Waals surface area contributed by atoms with E-state index >= 15 is 0 Å². The topological polar surface area (TPSA) is 69.6 Å². The molecular weight excluding hydrogens is 322 g/mol. The minimum atomic E-state index is -0.0410. The van der Waals surface area contributed by atoms with E-state index < -0.39 is 0 Å². The molecule has 0 saturated heterocycles. The summed E-state index contributed by atoms with van der Waals surface area (Å²) >= 11 is 0. The van der Waals surface area contributed by atoms with Gasteiger partial charge in [0.2, 0.25) is 0 Å². The van der Waals surface area contributed by atoms with Crippen LogP contribution in [0, 0.1) is 6.92 Å². The predicted molar refractivity (Wildman–Crippen MR) is 104 cm³/mol. The number of nitrogens with two attached hydrogens (primary N) is 1. The monoisotopic (exact) mass is 343 g/mol. The molecule has 0 bridgehead atoms. The molecule has 0 aliphatic carbocycles. The van der Waals surface area contributed by atoms with Crippen LogP contribution >= 0.6 is 0 Å². The van der Waals surface area contributed by atoms with E-state index in [4.69, 9.17) is 10.7 Å². The molecule has 0 aliphatic heterocycles. The van der Waals surface area contributed by atoms with E-state index in [0.717, 1.165) is 45.8 Å². The number of benzene rings is 1. The zero-order chi connectivity index (χ0) is 18.1. The van der Waals surface area contributed by atoms with Gasteiger partial charge in [0.25, 0.3) is 0 Å². The molecule has 4 rings (SSSR count). The van der Waals surface area contributed by atoms with Gasteiger partial charge in [0.05, 0.1) is 23.1 Å². The summed E-state index contributed by atoms with van der Waals surface area (Å²) < 4.78 is 1.87. The van der Waals surface area contributed by atoms with E-state index in [1.54, 1.807) is 0 Å². The molecule has 0 aliphatic rings. The van der Waals surface area contributed by atoms with E-state index in [2.05, 4.69) is 35.2 Å². The van der Waals surface area contributed by atoms with Crippen LogP contribution in [0.5, 0.6) is 0 Å². The smallest absolute Gasteiger partial charge is 0.154 e. The van der Waals surface area contributed by atoms with Gasteiger partial charge in [-0.25, -0.2) is 9.67 Å². The Morgan fingerprint density at radius 1 is 1.04 bits per heavy atom. The minimum absolute atomic E-state index is 0.0410. The first kappa shape index (κ1) is 16.4. The Labute approximate surface area is 152 Å². The van der Waals surface area contributed by atoms with Crippen LogP contribution in [-0.2, 0) is 0 Å². The van der Waals surface area contributed by atoms with Crippen LogP contribution in [0.15, 0.2) is 60.8 Å². The largest absolute Gasteiger partial charge is 0.323 e. The second-order valence-corrected chi connectivity index (χ2v) is 6.43. The molecule has 0 amide bonds. The van der Waals surface area contributed by atoms with Gasteiger partial charge in [0.1, 0.15) is 0 Å². The van der Waals surface area contributed by atoms with Gasteiger partial charge in [0, 0.05) is 22.7 Å². The van der Waals surface area contributed by atoms with Crippen molar-refractivity contribution in [3.05, 3.63) is 72.2 Å². The first-order chi connectivity index (χ1) is 12.7. The van der Waals surface area contributed by atoms with Crippen molar-refractivity contribution in [3.8, 4) is 17.1 Å². The number of nitrogens with zero attached hydrogens (tertiary/aromatic N) is 4.